The number of anilines is 2. The molecule has 0 fully saturated rings. The largest absolute Gasteiger partial charge is 0.277 e. The van der Waals surface area contributed by atoms with Gasteiger partial charge in [-0.25, -0.2) is 0 Å². The first-order chi connectivity index (χ1) is 14.0. The van der Waals surface area contributed by atoms with Gasteiger partial charge in [0.05, 0.1) is 23.0 Å². The van der Waals surface area contributed by atoms with Crippen molar-refractivity contribution in [2.24, 2.45) is 5.41 Å². The van der Waals surface area contributed by atoms with Gasteiger partial charge in [-0.05, 0) is 55.5 Å². The lowest BCUT2D eigenvalue weighted by Gasteiger charge is -2.40. The molecule has 1 spiro atoms. The maximum Gasteiger partial charge on any atom is 0.238 e. The number of carbonyl (C=O) groups is 1. The lowest BCUT2D eigenvalue weighted by atomic mass is 9.74. The van der Waals surface area contributed by atoms with E-state index in [0.717, 1.165) is 47.7 Å². The second kappa shape index (κ2) is 6.70. The number of aryl methyl sites for hydroxylation is 2. The van der Waals surface area contributed by atoms with Crippen molar-refractivity contribution < 1.29 is 4.79 Å². The van der Waals surface area contributed by atoms with Crippen LogP contribution in [0.1, 0.15) is 35.9 Å². The molecule has 0 saturated heterocycles. The zero-order valence-electron chi connectivity index (χ0n) is 16.7. The zero-order chi connectivity index (χ0) is 20.2. The van der Waals surface area contributed by atoms with E-state index in [4.69, 9.17) is 16.6 Å². The minimum atomic E-state index is -0.503. The Balaban J connectivity index is 1.62. The molecule has 1 aromatic carbocycles. The van der Waals surface area contributed by atoms with Gasteiger partial charge in [0.25, 0.3) is 0 Å². The molecule has 0 radical (unpaired) electrons. The molecule has 0 saturated carbocycles. The molecule has 29 heavy (non-hydrogen) atoms. The van der Waals surface area contributed by atoms with Crippen LogP contribution < -0.4 is 4.90 Å². The summed E-state index contributed by atoms with van der Waals surface area (Å²) >= 11 is 6.30. The second-order valence-electron chi connectivity index (χ2n) is 8.24. The summed E-state index contributed by atoms with van der Waals surface area (Å²) in [5.74, 6) is 0.110. The molecule has 1 unspecified atom stereocenters. The smallest absolute Gasteiger partial charge is 0.238 e. The van der Waals surface area contributed by atoms with Crippen molar-refractivity contribution in [3.8, 4) is 0 Å². The van der Waals surface area contributed by atoms with Crippen LogP contribution in [0.4, 0.5) is 11.4 Å². The predicted molar refractivity (Wildman–Crippen MR) is 114 cm³/mol. The number of hydrogen-bond acceptors (Lipinski definition) is 3. The number of hydrogen-bond donors (Lipinski definition) is 0. The quantitative estimate of drug-likeness (QED) is 0.635. The van der Waals surface area contributed by atoms with Crippen molar-refractivity contribution in [2.75, 3.05) is 4.90 Å². The van der Waals surface area contributed by atoms with Gasteiger partial charge < -0.3 is 0 Å². The summed E-state index contributed by atoms with van der Waals surface area (Å²) in [5, 5.41) is 5.08. The highest BCUT2D eigenvalue weighted by molar-refractivity contribution is 6.31. The SMILES string of the molecule is CCCn1cc(N2C(=O)C3(Cc4ccc(Cl)cc42)Cc2ccc(C)nc2C3)cn1. The van der Waals surface area contributed by atoms with Crippen molar-refractivity contribution in [1.82, 2.24) is 14.8 Å². The van der Waals surface area contributed by atoms with E-state index in [2.05, 4.69) is 24.2 Å². The summed E-state index contributed by atoms with van der Waals surface area (Å²) in [6.07, 6.45) is 6.81. The van der Waals surface area contributed by atoms with Gasteiger partial charge in [0.1, 0.15) is 0 Å². The van der Waals surface area contributed by atoms with Crippen LogP contribution in [-0.2, 0) is 30.6 Å². The summed E-state index contributed by atoms with van der Waals surface area (Å²) in [7, 11) is 0. The maximum atomic E-state index is 14.0. The highest BCUT2D eigenvalue weighted by Crippen LogP contribution is 2.48. The molecule has 1 aliphatic carbocycles. The summed E-state index contributed by atoms with van der Waals surface area (Å²) in [5.41, 5.74) is 5.53. The Kier molecular flexibility index (Phi) is 4.24. The average Bonchev–Trinajstić information content (AvgIpc) is 3.28. The fraction of sp³-hybridized carbons (Fsp3) is 0.348. The van der Waals surface area contributed by atoms with Crippen LogP contribution in [0, 0.1) is 12.3 Å². The van der Waals surface area contributed by atoms with Gasteiger partial charge in [0.2, 0.25) is 5.91 Å². The van der Waals surface area contributed by atoms with E-state index in [1.54, 1.807) is 6.20 Å². The molecule has 1 aliphatic heterocycles. The maximum absolute atomic E-state index is 14.0. The molecule has 5 nitrogen and oxygen atoms in total. The molecular formula is C23H23ClN4O. The molecule has 2 aliphatic rings. The number of fused-ring (bicyclic) bond motifs is 2. The Bertz CT molecular complexity index is 1120. The standard InChI is InChI=1S/C23H23ClN4O/c1-3-8-27-14-19(13-25-27)28-21-9-18(24)7-6-17(21)11-23(22(28)29)10-16-5-4-15(2)26-20(16)12-23/h4-7,9,13-14H,3,8,10-12H2,1-2H3. The van der Waals surface area contributed by atoms with E-state index in [1.807, 2.05) is 40.9 Å². The van der Waals surface area contributed by atoms with Crippen molar-refractivity contribution in [2.45, 2.75) is 46.1 Å². The first-order valence-corrected chi connectivity index (χ1v) is 10.5. The monoisotopic (exact) mass is 406 g/mol. The van der Waals surface area contributed by atoms with Gasteiger partial charge in [-0.3, -0.25) is 19.4 Å². The van der Waals surface area contributed by atoms with Crippen molar-refractivity contribution in [3.05, 3.63) is 70.3 Å². The van der Waals surface area contributed by atoms with Crippen LogP contribution in [0.5, 0.6) is 0 Å². The Morgan fingerprint density at radius 1 is 1.14 bits per heavy atom. The Hall–Kier alpha value is -2.66. The van der Waals surface area contributed by atoms with E-state index in [-0.39, 0.29) is 5.91 Å². The summed E-state index contributed by atoms with van der Waals surface area (Å²) in [6.45, 7) is 4.94. The number of carbonyl (C=O) groups excluding carboxylic acids is 1. The van der Waals surface area contributed by atoms with E-state index in [9.17, 15) is 4.79 Å². The first kappa shape index (κ1) is 18.4. The third-order valence-electron chi connectivity index (χ3n) is 6.05. The predicted octanol–water partition coefficient (Wildman–Crippen LogP) is 4.66. The molecule has 3 aromatic rings. The molecule has 2 aromatic heterocycles. The van der Waals surface area contributed by atoms with Crippen LogP contribution in [-0.4, -0.2) is 20.7 Å². The van der Waals surface area contributed by atoms with Crippen LogP contribution in [0.2, 0.25) is 5.02 Å². The second-order valence-corrected chi connectivity index (χ2v) is 8.68. The number of halogens is 1. The van der Waals surface area contributed by atoms with E-state index in [1.165, 1.54) is 5.56 Å². The molecular weight excluding hydrogens is 384 g/mol. The Morgan fingerprint density at radius 2 is 1.93 bits per heavy atom. The summed E-state index contributed by atoms with van der Waals surface area (Å²) < 4.78 is 1.89. The lowest BCUT2D eigenvalue weighted by molar-refractivity contribution is -0.127. The molecule has 0 N–H and O–H groups in total. The molecule has 1 amide bonds. The average molecular weight is 407 g/mol. The normalized spacial score (nSPS) is 20.2. The fourth-order valence-electron chi connectivity index (χ4n) is 4.73. The highest BCUT2D eigenvalue weighted by atomic mass is 35.5. The van der Waals surface area contributed by atoms with Crippen molar-refractivity contribution >= 4 is 28.9 Å². The van der Waals surface area contributed by atoms with E-state index >= 15 is 0 Å². The number of benzene rings is 1. The van der Waals surface area contributed by atoms with E-state index < -0.39 is 5.41 Å². The van der Waals surface area contributed by atoms with Gasteiger partial charge in [0, 0.05) is 35.6 Å². The van der Waals surface area contributed by atoms with Crippen LogP contribution in [0.25, 0.3) is 0 Å². The van der Waals surface area contributed by atoms with Crippen LogP contribution in [0.3, 0.4) is 0 Å². The minimum absolute atomic E-state index is 0.110. The molecule has 0 bridgehead atoms. The minimum Gasteiger partial charge on any atom is -0.277 e. The van der Waals surface area contributed by atoms with Crippen molar-refractivity contribution in [3.63, 3.8) is 0 Å². The molecule has 148 valence electrons. The fourth-order valence-corrected chi connectivity index (χ4v) is 4.90. The van der Waals surface area contributed by atoms with Crippen LogP contribution >= 0.6 is 11.6 Å². The number of nitrogens with zero attached hydrogens (tertiary/aromatic N) is 4. The molecule has 5 rings (SSSR count). The third kappa shape index (κ3) is 2.96. The topological polar surface area (TPSA) is 51.0 Å². The summed E-state index contributed by atoms with van der Waals surface area (Å²) in [6, 6.07) is 10.0. The Morgan fingerprint density at radius 3 is 2.76 bits per heavy atom. The lowest BCUT2D eigenvalue weighted by Crippen LogP contribution is -2.47. The van der Waals surface area contributed by atoms with Gasteiger partial charge in [-0.2, -0.15) is 5.10 Å². The number of aromatic nitrogens is 3. The molecule has 3 heterocycles. The number of amides is 1. The van der Waals surface area contributed by atoms with Crippen LogP contribution in [0.15, 0.2) is 42.7 Å². The Labute approximate surface area is 175 Å². The zero-order valence-corrected chi connectivity index (χ0v) is 17.4. The first-order valence-electron chi connectivity index (χ1n) is 10.1. The molecule has 1 atom stereocenters. The summed E-state index contributed by atoms with van der Waals surface area (Å²) in [4.78, 5) is 20.5. The van der Waals surface area contributed by atoms with Crippen molar-refractivity contribution in [1.29, 1.82) is 0 Å². The van der Waals surface area contributed by atoms with E-state index in [0.29, 0.717) is 17.9 Å². The number of pyridine rings is 1. The van der Waals surface area contributed by atoms with Gasteiger partial charge in [-0.1, -0.05) is 30.7 Å². The molecule has 6 heteroatoms. The van der Waals surface area contributed by atoms with Gasteiger partial charge in [-0.15, -0.1) is 0 Å². The number of rotatable bonds is 3. The highest BCUT2D eigenvalue weighted by Gasteiger charge is 2.50. The van der Waals surface area contributed by atoms with Gasteiger partial charge in [0.15, 0.2) is 0 Å². The van der Waals surface area contributed by atoms with Gasteiger partial charge >= 0.3 is 0 Å². The third-order valence-corrected chi connectivity index (χ3v) is 6.28.